The summed E-state index contributed by atoms with van der Waals surface area (Å²) in [6, 6.07) is 16.6. The third kappa shape index (κ3) is 3.53. The van der Waals surface area contributed by atoms with Gasteiger partial charge in [0.2, 0.25) is 0 Å². The van der Waals surface area contributed by atoms with Gasteiger partial charge < -0.3 is 5.73 Å². The predicted octanol–water partition coefficient (Wildman–Crippen LogP) is 4.08. The summed E-state index contributed by atoms with van der Waals surface area (Å²) < 4.78 is 31.3. The summed E-state index contributed by atoms with van der Waals surface area (Å²) in [6.07, 6.45) is 0. The molecule has 0 radical (unpaired) electrons. The second-order valence-corrected chi connectivity index (χ2v) is 6.38. The monoisotopic (exact) mass is 327 g/mol. The minimum Gasteiger partial charge on any atom is -0.399 e. The van der Waals surface area contributed by atoms with Crippen molar-refractivity contribution in [2.75, 3.05) is 5.73 Å². The number of nitrogen functional groups attached to an aromatic ring is 1. The molecule has 0 aromatic heterocycles. The molecule has 0 saturated carbocycles. The number of hydrogen-bond donors (Lipinski definition) is 2. The number of rotatable bonds is 3. The van der Waals surface area contributed by atoms with Crippen LogP contribution in [0.1, 0.15) is 0 Å². The molecule has 0 aliphatic rings. The molecule has 0 bridgehead atoms. The summed E-state index contributed by atoms with van der Waals surface area (Å²) in [5.74, 6) is 0. The van der Waals surface area contributed by atoms with E-state index in [9.17, 15) is 8.42 Å². The van der Waals surface area contributed by atoms with Crippen molar-refractivity contribution in [3.8, 4) is 0 Å². The molecule has 0 aliphatic carbocycles. The van der Waals surface area contributed by atoms with Gasteiger partial charge in [-0.1, -0.05) is 12.1 Å². The Morgan fingerprint density at radius 2 is 1.35 bits per heavy atom. The highest BCUT2D eigenvalue weighted by molar-refractivity contribution is 7.85. The fourth-order valence-corrected chi connectivity index (χ4v) is 2.61. The molecule has 6 nitrogen and oxygen atoms in total. The standard InChI is InChI=1S/C16H13N3O3S/c17-13-3-6-14(7-4-13)18-19-15-5-1-12-10-16(23(20,21)22)8-2-11(12)9-15/h1-10H,17H2,(H,20,21,22). The third-order valence-corrected chi connectivity index (χ3v) is 4.12. The topological polar surface area (TPSA) is 105 Å². The van der Waals surface area contributed by atoms with Gasteiger partial charge in [-0.25, -0.2) is 0 Å². The molecule has 3 aromatic carbocycles. The molecule has 0 heterocycles. The summed E-state index contributed by atoms with van der Waals surface area (Å²) in [5, 5.41) is 9.74. The Labute approximate surface area is 133 Å². The van der Waals surface area contributed by atoms with Crippen LogP contribution in [-0.2, 0) is 10.1 Å². The smallest absolute Gasteiger partial charge is 0.294 e. The van der Waals surface area contributed by atoms with Gasteiger partial charge in [0.05, 0.1) is 16.3 Å². The van der Waals surface area contributed by atoms with Crippen molar-refractivity contribution < 1.29 is 13.0 Å². The predicted molar refractivity (Wildman–Crippen MR) is 88.8 cm³/mol. The largest absolute Gasteiger partial charge is 0.399 e. The van der Waals surface area contributed by atoms with Crippen LogP contribution in [0.5, 0.6) is 0 Å². The molecular formula is C16H13N3O3S. The Kier molecular flexibility index (Phi) is 3.81. The molecule has 0 fully saturated rings. The minimum absolute atomic E-state index is 0.138. The Hall–Kier alpha value is -2.77. The lowest BCUT2D eigenvalue weighted by atomic mass is 10.1. The molecule has 3 N–H and O–H groups in total. The van der Waals surface area contributed by atoms with Crippen molar-refractivity contribution >= 4 is 38.0 Å². The molecule has 0 saturated heterocycles. The lowest BCUT2D eigenvalue weighted by Crippen LogP contribution is -1.97. The number of azo groups is 1. The van der Waals surface area contributed by atoms with Crippen LogP contribution in [0.4, 0.5) is 17.1 Å². The van der Waals surface area contributed by atoms with Crippen molar-refractivity contribution in [2.24, 2.45) is 10.2 Å². The third-order valence-electron chi connectivity index (χ3n) is 3.27. The lowest BCUT2D eigenvalue weighted by Gasteiger charge is -2.02. The van der Waals surface area contributed by atoms with Gasteiger partial charge >= 0.3 is 0 Å². The van der Waals surface area contributed by atoms with Crippen LogP contribution in [0.15, 0.2) is 75.8 Å². The van der Waals surface area contributed by atoms with Gasteiger partial charge in [0.15, 0.2) is 0 Å². The van der Waals surface area contributed by atoms with E-state index in [0.717, 1.165) is 5.39 Å². The van der Waals surface area contributed by atoms with Crippen LogP contribution < -0.4 is 5.73 Å². The molecule has 3 aromatic rings. The number of benzene rings is 3. The number of fused-ring (bicyclic) bond motifs is 1. The fourth-order valence-electron chi connectivity index (χ4n) is 2.09. The van der Waals surface area contributed by atoms with Gasteiger partial charge in [-0.15, -0.1) is 0 Å². The normalized spacial score (nSPS) is 12.0. The number of hydrogen-bond acceptors (Lipinski definition) is 5. The summed E-state index contributed by atoms with van der Waals surface area (Å²) in [5.41, 5.74) is 7.58. The van der Waals surface area contributed by atoms with Crippen LogP contribution in [-0.4, -0.2) is 13.0 Å². The lowest BCUT2D eigenvalue weighted by molar-refractivity contribution is 0.483. The van der Waals surface area contributed by atoms with Gasteiger partial charge in [-0.05, 0) is 59.3 Å². The molecule has 23 heavy (non-hydrogen) atoms. The van der Waals surface area contributed by atoms with E-state index in [-0.39, 0.29) is 4.90 Å². The van der Waals surface area contributed by atoms with E-state index in [1.165, 1.54) is 12.1 Å². The van der Waals surface area contributed by atoms with Gasteiger partial charge in [-0.3, -0.25) is 4.55 Å². The number of nitrogens with zero attached hydrogens (tertiary/aromatic N) is 2. The Morgan fingerprint density at radius 3 is 2.04 bits per heavy atom. The second-order valence-electron chi connectivity index (χ2n) is 4.96. The zero-order valence-corrected chi connectivity index (χ0v) is 12.7. The van der Waals surface area contributed by atoms with Crippen molar-refractivity contribution in [1.29, 1.82) is 0 Å². The van der Waals surface area contributed by atoms with Gasteiger partial charge in [0.1, 0.15) is 0 Å². The average Bonchev–Trinajstić information content (AvgIpc) is 2.53. The first-order valence-corrected chi connectivity index (χ1v) is 8.14. The molecule has 0 spiro atoms. The molecule has 116 valence electrons. The molecule has 3 rings (SSSR count). The van der Waals surface area contributed by atoms with E-state index in [1.807, 2.05) is 0 Å². The number of anilines is 1. The molecule has 0 amide bonds. The SMILES string of the molecule is Nc1ccc(N=Nc2ccc3cc(S(=O)(=O)O)ccc3c2)cc1. The van der Waals surface area contributed by atoms with Crippen LogP contribution in [0.25, 0.3) is 10.8 Å². The van der Waals surface area contributed by atoms with E-state index in [0.29, 0.717) is 22.4 Å². The second kappa shape index (κ2) is 5.79. The van der Waals surface area contributed by atoms with Crippen molar-refractivity contribution in [3.63, 3.8) is 0 Å². The summed E-state index contributed by atoms with van der Waals surface area (Å²) in [7, 11) is -4.21. The van der Waals surface area contributed by atoms with Crippen LogP contribution in [0, 0.1) is 0 Å². The summed E-state index contributed by atoms with van der Waals surface area (Å²) >= 11 is 0. The fraction of sp³-hybridized carbons (Fsp3) is 0. The van der Waals surface area contributed by atoms with Crippen molar-refractivity contribution in [2.45, 2.75) is 4.90 Å². The zero-order chi connectivity index (χ0) is 16.4. The molecule has 0 atom stereocenters. The maximum Gasteiger partial charge on any atom is 0.294 e. The van der Waals surface area contributed by atoms with Crippen molar-refractivity contribution in [1.82, 2.24) is 0 Å². The molecule has 7 heteroatoms. The van der Waals surface area contributed by atoms with Gasteiger partial charge in [-0.2, -0.15) is 18.6 Å². The quantitative estimate of drug-likeness (QED) is 0.429. The highest BCUT2D eigenvalue weighted by Gasteiger charge is 2.09. The average molecular weight is 327 g/mol. The van der Waals surface area contributed by atoms with Crippen LogP contribution in [0.2, 0.25) is 0 Å². The highest BCUT2D eigenvalue weighted by atomic mass is 32.2. The molecular weight excluding hydrogens is 314 g/mol. The van der Waals surface area contributed by atoms with Gasteiger partial charge in [0.25, 0.3) is 10.1 Å². The first kappa shape index (κ1) is 15.1. The van der Waals surface area contributed by atoms with Crippen molar-refractivity contribution in [3.05, 3.63) is 60.7 Å². The molecule has 0 aliphatic heterocycles. The Bertz CT molecular complexity index is 997. The van der Waals surface area contributed by atoms with E-state index in [4.69, 9.17) is 10.3 Å². The summed E-state index contributed by atoms with van der Waals surface area (Å²) in [4.78, 5) is -0.138. The summed E-state index contributed by atoms with van der Waals surface area (Å²) in [6.45, 7) is 0. The van der Waals surface area contributed by atoms with E-state index in [1.54, 1.807) is 48.5 Å². The Morgan fingerprint density at radius 1 is 0.783 bits per heavy atom. The highest BCUT2D eigenvalue weighted by Crippen LogP contribution is 2.25. The van der Waals surface area contributed by atoms with Crippen LogP contribution >= 0.6 is 0 Å². The Balaban J connectivity index is 1.92. The van der Waals surface area contributed by atoms with E-state index >= 15 is 0 Å². The first-order valence-electron chi connectivity index (χ1n) is 6.70. The maximum atomic E-state index is 11.1. The van der Waals surface area contributed by atoms with Gasteiger partial charge in [0, 0.05) is 5.69 Å². The minimum atomic E-state index is -4.21. The zero-order valence-electron chi connectivity index (χ0n) is 11.9. The maximum absolute atomic E-state index is 11.1. The molecule has 0 unspecified atom stereocenters. The van der Waals surface area contributed by atoms with E-state index in [2.05, 4.69) is 10.2 Å². The number of nitrogens with two attached hydrogens (primary N) is 1. The van der Waals surface area contributed by atoms with E-state index < -0.39 is 10.1 Å². The first-order chi connectivity index (χ1) is 10.9. The van der Waals surface area contributed by atoms with Crippen LogP contribution in [0.3, 0.4) is 0 Å².